The molecule has 0 saturated carbocycles. The molecule has 0 heterocycles. The molecule has 0 atom stereocenters. The summed E-state index contributed by atoms with van der Waals surface area (Å²) in [7, 11) is -2.61. The maximum Gasteiger partial charge on any atom is 0.500 e. The van der Waals surface area contributed by atoms with Gasteiger partial charge < -0.3 is 13.3 Å². The van der Waals surface area contributed by atoms with Gasteiger partial charge >= 0.3 is 8.80 Å². The molecule has 34 heavy (non-hydrogen) atoms. The van der Waals surface area contributed by atoms with Crippen LogP contribution in [0, 0.1) is 0 Å². The third kappa shape index (κ3) is 22.3. The minimum Gasteiger partial charge on any atom is -0.373 e. The van der Waals surface area contributed by atoms with E-state index in [0.29, 0.717) is 0 Å². The van der Waals surface area contributed by atoms with Gasteiger partial charge in [-0.3, -0.25) is 0 Å². The first kappa shape index (κ1) is 33.8. The van der Waals surface area contributed by atoms with Gasteiger partial charge in [-0.1, -0.05) is 123 Å². The summed E-state index contributed by atoms with van der Waals surface area (Å²) in [4.78, 5) is 0. The van der Waals surface area contributed by atoms with Crippen molar-refractivity contribution in [3.63, 3.8) is 0 Å². The lowest BCUT2D eigenvalue weighted by atomic mass is 10.1. The molecule has 0 amide bonds. The minimum absolute atomic E-state index is 0.798. The predicted molar refractivity (Wildman–Crippen MR) is 153 cm³/mol. The van der Waals surface area contributed by atoms with Crippen molar-refractivity contribution in [1.29, 1.82) is 0 Å². The molecule has 0 N–H and O–H groups in total. The highest BCUT2D eigenvalue weighted by Crippen LogP contribution is 2.23. The van der Waals surface area contributed by atoms with Gasteiger partial charge in [0.15, 0.2) is 0 Å². The van der Waals surface area contributed by atoms with Crippen LogP contribution in [0.1, 0.15) is 156 Å². The molecule has 0 unspecified atom stereocenters. The molecule has 204 valence electrons. The van der Waals surface area contributed by atoms with Crippen molar-refractivity contribution in [1.82, 2.24) is 0 Å². The van der Waals surface area contributed by atoms with Crippen LogP contribution < -0.4 is 0 Å². The lowest BCUT2D eigenvalue weighted by Gasteiger charge is -2.30. The van der Waals surface area contributed by atoms with E-state index in [0.717, 1.165) is 64.4 Å². The zero-order valence-electron chi connectivity index (χ0n) is 23.7. The Morgan fingerprint density at radius 2 is 0.824 bits per heavy atom. The number of unbranched alkanes of at least 4 members (excludes halogenated alkanes) is 17. The van der Waals surface area contributed by atoms with Crippen molar-refractivity contribution in [2.24, 2.45) is 0 Å². The van der Waals surface area contributed by atoms with Gasteiger partial charge in [0.05, 0.1) is 0 Å². The van der Waals surface area contributed by atoms with Gasteiger partial charge in [-0.05, 0) is 38.5 Å². The fraction of sp³-hybridized carbons (Fsp3) is 0.933. The van der Waals surface area contributed by atoms with E-state index >= 15 is 0 Å². The average Bonchev–Trinajstić information content (AvgIpc) is 2.85. The molecule has 3 nitrogen and oxygen atoms in total. The first-order valence-electron chi connectivity index (χ1n) is 15.3. The second-order valence-corrected chi connectivity index (χ2v) is 12.8. The van der Waals surface area contributed by atoms with Gasteiger partial charge in [0.2, 0.25) is 0 Å². The largest absolute Gasteiger partial charge is 0.500 e. The molecule has 0 radical (unpaired) electrons. The lowest BCUT2D eigenvalue weighted by molar-refractivity contribution is 0.0546. The summed E-state index contributed by atoms with van der Waals surface area (Å²) in [6.07, 6.45) is 28.5. The Kier molecular flexibility index (Phi) is 27.3. The van der Waals surface area contributed by atoms with Gasteiger partial charge in [0, 0.05) is 25.9 Å². The van der Waals surface area contributed by atoms with Crippen LogP contribution in [0.15, 0.2) is 12.7 Å². The first-order valence-corrected chi connectivity index (χ1v) is 17.2. The topological polar surface area (TPSA) is 27.7 Å². The fourth-order valence-corrected chi connectivity index (χ4v) is 7.03. The standard InChI is InChI=1S/C30H62O3Si/c1-5-9-13-17-20-23-27-31-34(30-26-16-12-8-4,32-28-24-21-18-14-10-6-2)33-29-25-22-19-15-11-7-3/h8H,4-7,9-30H2,1-3H3. The maximum atomic E-state index is 6.58. The lowest BCUT2D eigenvalue weighted by Crippen LogP contribution is -2.46. The van der Waals surface area contributed by atoms with Gasteiger partial charge in [0.1, 0.15) is 0 Å². The van der Waals surface area contributed by atoms with Crippen LogP contribution in [0.3, 0.4) is 0 Å². The highest BCUT2D eigenvalue weighted by molar-refractivity contribution is 6.60. The number of hydrogen-bond donors (Lipinski definition) is 0. The van der Waals surface area contributed by atoms with Crippen LogP contribution in [0.25, 0.3) is 0 Å². The number of rotatable bonds is 29. The normalized spacial score (nSPS) is 11.9. The molecule has 0 rings (SSSR count). The SMILES string of the molecule is C=CCCCC[Si](OCCCCCCCC)(OCCCCCCCC)OCCCCCCCC. The summed E-state index contributed by atoms with van der Waals surface area (Å²) in [5, 5.41) is 0. The van der Waals surface area contributed by atoms with Crippen LogP contribution in [0.5, 0.6) is 0 Å². The molecule has 4 heteroatoms. The van der Waals surface area contributed by atoms with Gasteiger partial charge in [-0.2, -0.15) is 0 Å². The molecular formula is C30H62O3Si. The van der Waals surface area contributed by atoms with E-state index in [9.17, 15) is 0 Å². The highest BCUT2D eigenvalue weighted by Gasteiger charge is 2.40. The summed E-state index contributed by atoms with van der Waals surface area (Å²) in [5.74, 6) is 0. The van der Waals surface area contributed by atoms with Crippen molar-refractivity contribution in [3.05, 3.63) is 12.7 Å². The summed E-state index contributed by atoms with van der Waals surface area (Å²) in [6, 6.07) is 0.961. The second-order valence-electron chi connectivity index (χ2n) is 10.1. The van der Waals surface area contributed by atoms with Gasteiger partial charge in [-0.25, -0.2) is 0 Å². The highest BCUT2D eigenvalue weighted by atomic mass is 28.4. The van der Waals surface area contributed by atoms with Crippen molar-refractivity contribution in [2.75, 3.05) is 19.8 Å². The van der Waals surface area contributed by atoms with Crippen molar-refractivity contribution < 1.29 is 13.3 Å². The third-order valence-corrected chi connectivity index (χ3v) is 9.50. The van der Waals surface area contributed by atoms with Crippen LogP contribution in [0.4, 0.5) is 0 Å². The zero-order chi connectivity index (χ0) is 25.0. The molecule has 0 fully saturated rings. The zero-order valence-corrected chi connectivity index (χ0v) is 24.7. The summed E-state index contributed by atoms with van der Waals surface area (Å²) in [6.45, 7) is 13.1. The molecule has 0 bridgehead atoms. The first-order chi connectivity index (χ1) is 16.7. The van der Waals surface area contributed by atoms with Crippen molar-refractivity contribution >= 4 is 8.80 Å². The fourth-order valence-electron chi connectivity index (χ4n) is 4.30. The van der Waals surface area contributed by atoms with Gasteiger partial charge in [-0.15, -0.1) is 6.58 Å². The van der Waals surface area contributed by atoms with Crippen molar-refractivity contribution in [3.8, 4) is 0 Å². The van der Waals surface area contributed by atoms with Crippen LogP contribution in [-0.4, -0.2) is 28.6 Å². The maximum absolute atomic E-state index is 6.58. The van der Waals surface area contributed by atoms with Crippen molar-refractivity contribution in [2.45, 2.75) is 162 Å². The van der Waals surface area contributed by atoms with E-state index < -0.39 is 8.80 Å². The molecule has 0 spiro atoms. The monoisotopic (exact) mass is 498 g/mol. The summed E-state index contributed by atoms with van der Waals surface area (Å²) >= 11 is 0. The quantitative estimate of drug-likeness (QED) is 0.0583. The number of hydrogen-bond acceptors (Lipinski definition) is 3. The van der Waals surface area contributed by atoms with Gasteiger partial charge in [0.25, 0.3) is 0 Å². The molecule has 0 saturated heterocycles. The Balaban J connectivity index is 4.70. The smallest absolute Gasteiger partial charge is 0.373 e. The number of allylic oxidation sites excluding steroid dienone is 1. The third-order valence-electron chi connectivity index (χ3n) is 6.60. The van der Waals surface area contributed by atoms with Crippen LogP contribution >= 0.6 is 0 Å². The summed E-state index contributed by atoms with van der Waals surface area (Å²) < 4.78 is 19.7. The average molecular weight is 499 g/mol. The molecule has 0 aliphatic carbocycles. The van der Waals surface area contributed by atoms with E-state index in [-0.39, 0.29) is 0 Å². The Morgan fingerprint density at radius 3 is 1.18 bits per heavy atom. The van der Waals surface area contributed by atoms with E-state index in [2.05, 4.69) is 27.4 Å². The molecule has 0 aliphatic rings. The molecule has 0 aromatic carbocycles. The molecule has 0 aromatic rings. The minimum atomic E-state index is -2.61. The van der Waals surface area contributed by atoms with E-state index in [4.69, 9.17) is 13.3 Å². The Bertz CT molecular complexity index is 357. The van der Waals surface area contributed by atoms with E-state index in [1.165, 1.54) is 96.3 Å². The van der Waals surface area contributed by atoms with E-state index in [1.807, 2.05) is 6.08 Å². The predicted octanol–water partition coefficient (Wildman–Crippen LogP) is 10.4. The molecular weight excluding hydrogens is 436 g/mol. The van der Waals surface area contributed by atoms with Crippen LogP contribution in [0.2, 0.25) is 6.04 Å². The summed E-state index contributed by atoms with van der Waals surface area (Å²) in [5.41, 5.74) is 0. The Morgan fingerprint density at radius 1 is 0.471 bits per heavy atom. The van der Waals surface area contributed by atoms with E-state index in [1.54, 1.807) is 0 Å². The second kappa shape index (κ2) is 27.4. The Labute approximate surface area is 216 Å². The van der Waals surface area contributed by atoms with Crippen LogP contribution in [-0.2, 0) is 13.3 Å². The Hall–Kier alpha value is -0.163. The molecule has 0 aromatic heterocycles. The molecule has 0 aliphatic heterocycles.